The number of carbonyl (C=O) groups excluding carboxylic acids is 1. The number of carbonyl (C=O) groups is 1. The van der Waals surface area contributed by atoms with Gasteiger partial charge in [0.2, 0.25) is 0 Å². The molecule has 28 heavy (non-hydrogen) atoms. The second-order valence-corrected chi connectivity index (χ2v) is 7.42. The average Bonchev–Trinajstić information content (AvgIpc) is 2.94. The Hall–Kier alpha value is -3.00. The van der Waals surface area contributed by atoms with Crippen molar-refractivity contribution < 1.29 is 18.7 Å². The Morgan fingerprint density at radius 2 is 2.11 bits per heavy atom. The van der Waals surface area contributed by atoms with E-state index >= 15 is 0 Å². The lowest BCUT2D eigenvalue weighted by molar-refractivity contribution is -0.142. The summed E-state index contributed by atoms with van der Waals surface area (Å²) in [6.45, 7) is 5.42. The minimum atomic E-state index is -0.746. The van der Waals surface area contributed by atoms with Gasteiger partial charge in [0.15, 0.2) is 23.5 Å². The van der Waals surface area contributed by atoms with Crippen LogP contribution in [0.5, 0.6) is 5.75 Å². The largest absolute Gasteiger partial charge is 0.494 e. The highest BCUT2D eigenvalue weighted by atomic mass is 32.1. The third kappa shape index (κ3) is 3.96. The maximum absolute atomic E-state index is 13.7. The fourth-order valence-corrected chi connectivity index (χ4v) is 3.72. The first kappa shape index (κ1) is 19.8. The number of hydrogen-bond donors (Lipinski definition) is 1. The van der Waals surface area contributed by atoms with Crippen LogP contribution >= 0.6 is 11.3 Å². The second kappa shape index (κ2) is 7.93. The molecule has 6 nitrogen and oxygen atoms in total. The van der Waals surface area contributed by atoms with E-state index in [1.165, 1.54) is 42.7 Å². The van der Waals surface area contributed by atoms with Gasteiger partial charge in [-0.2, -0.15) is 0 Å². The number of aromatic amines is 1. The normalized spacial score (nSPS) is 12.5. The lowest BCUT2D eigenvalue weighted by atomic mass is 10.2. The summed E-state index contributed by atoms with van der Waals surface area (Å²) in [7, 11) is 1.38. The predicted octanol–water partition coefficient (Wildman–Crippen LogP) is 4.07. The quantitative estimate of drug-likeness (QED) is 0.514. The van der Waals surface area contributed by atoms with Crippen LogP contribution in [0.3, 0.4) is 0 Å². The molecule has 0 aliphatic rings. The van der Waals surface area contributed by atoms with E-state index in [4.69, 9.17) is 9.47 Å². The molecule has 0 radical (unpaired) electrons. The van der Waals surface area contributed by atoms with Gasteiger partial charge in [0.05, 0.1) is 12.5 Å². The summed E-state index contributed by atoms with van der Waals surface area (Å²) >= 11 is 1.42. The van der Waals surface area contributed by atoms with Gasteiger partial charge < -0.3 is 14.5 Å². The average molecular weight is 402 g/mol. The van der Waals surface area contributed by atoms with Crippen molar-refractivity contribution in [3.8, 4) is 5.75 Å². The van der Waals surface area contributed by atoms with Crippen molar-refractivity contribution in [2.45, 2.75) is 26.9 Å². The van der Waals surface area contributed by atoms with Crippen LogP contribution in [-0.4, -0.2) is 23.0 Å². The number of rotatable bonds is 5. The lowest BCUT2D eigenvalue weighted by Gasteiger charge is -2.11. The number of aryl methyl sites for hydroxylation is 2. The number of nitrogens with zero attached hydrogens (tertiary/aromatic N) is 1. The molecule has 0 amide bonds. The molecular formula is C20H19FN2O4S. The van der Waals surface area contributed by atoms with Gasteiger partial charge in [-0.25, -0.2) is 14.2 Å². The van der Waals surface area contributed by atoms with E-state index in [0.717, 1.165) is 10.4 Å². The Labute approximate surface area is 164 Å². The number of methoxy groups -OCH3 is 1. The van der Waals surface area contributed by atoms with E-state index in [1.807, 2.05) is 13.8 Å². The number of H-pyrrole nitrogens is 1. The van der Waals surface area contributed by atoms with Gasteiger partial charge in [0.1, 0.15) is 4.83 Å². The molecule has 3 rings (SSSR count). The fourth-order valence-electron chi connectivity index (χ4n) is 2.68. The molecule has 8 heteroatoms. The highest BCUT2D eigenvalue weighted by Gasteiger charge is 2.17. The zero-order valence-corrected chi connectivity index (χ0v) is 16.6. The zero-order chi connectivity index (χ0) is 20.4. The third-order valence-electron chi connectivity index (χ3n) is 4.32. The summed E-state index contributed by atoms with van der Waals surface area (Å²) in [4.78, 5) is 33.1. The van der Waals surface area contributed by atoms with Gasteiger partial charge in [-0.1, -0.05) is 6.07 Å². The number of halogens is 1. The molecule has 0 spiro atoms. The number of nitrogens with one attached hydrogen (secondary N) is 1. The molecule has 146 valence electrons. The molecule has 0 unspecified atom stereocenters. The second-order valence-electron chi connectivity index (χ2n) is 6.22. The number of hydrogen-bond acceptors (Lipinski definition) is 6. The molecule has 0 saturated carbocycles. The molecule has 2 heterocycles. The molecule has 0 aliphatic heterocycles. The number of ether oxygens (including phenoxy) is 2. The van der Waals surface area contributed by atoms with Crippen LogP contribution in [0.25, 0.3) is 16.3 Å². The SMILES string of the molecule is COc1ccc(/C=C/C(=O)O[C@@H](C)c2nc3sc(C)c(C)c3c(=O)[nH]2)cc1F. The smallest absolute Gasteiger partial charge is 0.331 e. The Kier molecular flexibility index (Phi) is 5.60. The summed E-state index contributed by atoms with van der Waals surface area (Å²) in [5.41, 5.74) is 1.13. The third-order valence-corrected chi connectivity index (χ3v) is 5.42. The molecule has 1 aromatic carbocycles. The first-order valence-electron chi connectivity index (χ1n) is 8.52. The summed E-state index contributed by atoms with van der Waals surface area (Å²) in [5, 5.41) is 0.561. The monoisotopic (exact) mass is 402 g/mol. The lowest BCUT2D eigenvalue weighted by Crippen LogP contribution is -2.16. The van der Waals surface area contributed by atoms with Crippen LogP contribution in [0.4, 0.5) is 4.39 Å². The molecule has 2 aromatic heterocycles. The minimum absolute atomic E-state index is 0.123. The standard InChI is InChI=1S/C20H19FN2O4S/c1-10-12(3)28-20-17(10)19(25)22-18(23-20)11(2)27-16(24)8-6-13-5-7-15(26-4)14(21)9-13/h5-9,11H,1-4H3,(H,22,23,25)/b8-6+/t11-/m0/s1. The highest BCUT2D eigenvalue weighted by molar-refractivity contribution is 7.18. The van der Waals surface area contributed by atoms with Crippen molar-refractivity contribution in [3.63, 3.8) is 0 Å². The van der Waals surface area contributed by atoms with Crippen LogP contribution in [0, 0.1) is 19.7 Å². The summed E-state index contributed by atoms with van der Waals surface area (Å²) < 4.78 is 23.8. The zero-order valence-electron chi connectivity index (χ0n) is 15.8. The topological polar surface area (TPSA) is 81.3 Å². The maximum Gasteiger partial charge on any atom is 0.331 e. The molecular weight excluding hydrogens is 383 g/mol. The van der Waals surface area contributed by atoms with E-state index < -0.39 is 17.9 Å². The number of thiophene rings is 1. The molecule has 1 atom stereocenters. The Morgan fingerprint density at radius 1 is 1.36 bits per heavy atom. The van der Waals surface area contributed by atoms with Gasteiger partial charge in [-0.05, 0) is 50.1 Å². The van der Waals surface area contributed by atoms with Crippen molar-refractivity contribution in [3.05, 3.63) is 62.3 Å². The molecule has 0 aliphatic carbocycles. The molecule has 0 saturated heterocycles. The number of aromatic nitrogens is 2. The van der Waals surface area contributed by atoms with E-state index in [1.54, 1.807) is 13.0 Å². The summed E-state index contributed by atoms with van der Waals surface area (Å²) in [6.07, 6.45) is 1.88. The van der Waals surface area contributed by atoms with Crippen molar-refractivity contribution >= 4 is 33.6 Å². The van der Waals surface area contributed by atoms with Gasteiger partial charge >= 0.3 is 5.97 Å². The fraction of sp³-hybridized carbons (Fsp3) is 0.250. The van der Waals surface area contributed by atoms with Crippen LogP contribution < -0.4 is 10.3 Å². The van der Waals surface area contributed by atoms with E-state index in [9.17, 15) is 14.0 Å². The summed E-state index contributed by atoms with van der Waals surface area (Å²) in [6, 6.07) is 4.34. The first-order valence-corrected chi connectivity index (χ1v) is 9.34. The van der Waals surface area contributed by atoms with Crippen LogP contribution in [-0.2, 0) is 9.53 Å². The Balaban J connectivity index is 1.74. The van der Waals surface area contributed by atoms with Gasteiger partial charge in [0, 0.05) is 11.0 Å². The summed E-state index contributed by atoms with van der Waals surface area (Å²) in [5.74, 6) is -0.762. The Morgan fingerprint density at radius 3 is 2.79 bits per heavy atom. The van der Waals surface area contributed by atoms with Crippen molar-refractivity contribution in [1.82, 2.24) is 9.97 Å². The highest BCUT2D eigenvalue weighted by Crippen LogP contribution is 2.27. The number of benzene rings is 1. The minimum Gasteiger partial charge on any atom is -0.494 e. The van der Waals surface area contributed by atoms with Gasteiger partial charge in [-0.3, -0.25) is 4.79 Å². The molecule has 0 fully saturated rings. The maximum atomic E-state index is 13.7. The number of fused-ring (bicyclic) bond motifs is 1. The molecule has 3 aromatic rings. The number of esters is 1. The van der Waals surface area contributed by atoms with Crippen molar-refractivity contribution in [2.24, 2.45) is 0 Å². The van der Waals surface area contributed by atoms with Crippen molar-refractivity contribution in [1.29, 1.82) is 0 Å². The first-order chi connectivity index (χ1) is 13.3. The van der Waals surface area contributed by atoms with Crippen LogP contribution in [0.2, 0.25) is 0 Å². The van der Waals surface area contributed by atoms with E-state index in [0.29, 0.717) is 15.8 Å². The van der Waals surface area contributed by atoms with Crippen molar-refractivity contribution in [2.75, 3.05) is 7.11 Å². The van der Waals surface area contributed by atoms with Gasteiger partial charge in [0.25, 0.3) is 5.56 Å². The van der Waals surface area contributed by atoms with Crippen LogP contribution in [0.15, 0.2) is 29.1 Å². The van der Waals surface area contributed by atoms with E-state index in [2.05, 4.69) is 9.97 Å². The van der Waals surface area contributed by atoms with E-state index in [-0.39, 0.29) is 17.1 Å². The Bertz CT molecular complexity index is 1130. The van der Waals surface area contributed by atoms with Crippen LogP contribution in [0.1, 0.15) is 34.9 Å². The molecule has 0 bridgehead atoms. The molecule has 1 N–H and O–H groups in total. The van der Waals surface area contributed by atoms with Gasteiger partial charge in [-0.15, -0.1) is 11.3 Å². The predicted molar refractivity (Wildman–Crippen MR) is 106 cm³/mol.